The van der Waals surface area contributed by atoms with Crippen LogP contribution in [0.15, 0.2) is 101 Å². The van der Waals surface area contributed by atoms with Gasteiger partial charge in [-0.05, 0) is 85.6 Å². The van der Waals surface area contributed by atoms with E-state index in [9.17, 15) is 18.0 Å². The predicted molar refractivity (Wildman–Crippen MR) is 181 cm³/mol. The molecule has 0 radical (unpaired) electrons. The molecule has 0 bridgehead atoms. The molecule has 5 rings (SSSR count). The second-order valence-corrected chi connectivity index (χ2v) is 12.5. The van der Waals surface area contributed by atoms with E-state index in [1.165, 1.54) is 49.7 Å². The molecule has 10 nitrogen and oxygen atoms in total. The first kappa shape index (κ1) is 32.7. The number of unbranched alkanes of at least 4 members (excludes halogenated alkanes) is 1. The topological polar surface area (TPSA) is 161 Å². The van der Waals surface area contributed by atoms with Crippen LogP contribution in [0.2, 0.25) is 0 Å². The summed E-state index contributed by atoms with van der Waals surface area (Å²) >= 11 is 0. The molecule has 0 atom stereocenters. The number of aliphatic hydroxyl groups is 1. The Balaban J connectivity index is 1.47. The monoisotopic (exact) mass is 648 g/mol. The van der Waals surface area contributed by atoms with E-state index >= 15 is 0 Å². The van der Waals surface area contributed by atoms with Crippen molar-refractivity contribution in [2.24, 2.45) is 5.73 Å². The third-order valence-corrected chi connectivity index (χ3v) is 9.02. The molecular weight excluding hydrogens is 616 g/mol. The number of nitrogens with zero attached hydrogens (tertiary/aromatic N) is 1. The molecule has 0 aliphatic carbocycles. The number of methoxy groups -OCH3 is 1. The molecular formula is C36H32N4O6S. The lowest BCUT2D eigenvalue weighted by molar-refractivity contribution is 0.0998. The molecule has 47 heavy (non-hydrogen) atoms. The number of primary amides is 1. The van der Waals surface area contributed by atoms with Crippen molar-refractivity contribution in [1.82, 2.24) is 4.98 Å². The summed E-state index contributed by atoms with van der Waals surface area (Å²) in [5, 5.41) is 15.2. The van der Waals surface area contributed by atoms with E-state index in [0.717, 1.165) is 5.56 Å². The number of pyridine rings is 1. The number of hydrogen-bond donors (Lipinski definition) is 4. The first-order chi connectivity index (χ1) is 22.6. The largest absolute Gasteiger partial charge is 0.497 e. The second kappa shape index (κ2) is 14.2. The van der Waals surface area contributed by atoms with Gasteiger partial charge in [-0.2, -0.15) is 0 Å². The van der Waals surface area contributed by atoms with Crippen molar-refractivity contribution in [2.45, 2.75) is 29.6 Å². The minimum absolute atomic E-state index is 0.0483. The van der Waals surface area contributed by atoms with Crippen molar-refractivity contribution < 1.29 is 27.9 Å². The molecule has 2 amide bonds. The number of sulfone groups is 1. The van der Waals surface area contributed by atoms with Crippen LogP contribution in [0.4, 0.5) is 17.1 Å². The maximum atomic E-state index is 14.0. The van der Waals surface area contributed by atoms with Gasteiger partial charge in [-0.1, -0.05) is 24.0 Å². The molecule has 1 heterocycles. The average Bonchev–Trinajstić information content (AvgIpc) is 3.07. The fourth-order valence-corrected chi connectivity index (χ4v) is 6.30. The Morgan fingerprint density at radius 2 is 1.72 bits per heavy atom. The highest BCUT2D eigenvalue weighted by Crippen LogP contribution is 2.35. The molecule has 0 saturated carbocycles. The van der Waals surface area contributed by atoms with Gasteiger partial charge in [0.25, 0.3) is 11.8 Å². The minimum Gasteiger partial charge on any atom is -0.497 e. The number of nitrogens with one attached hydrogen (secondary N) is 2. The van der Waals surface area contributed by atoms with Gasteiger partial charge < -0.3 is 26.2 Å². The normalized spacial score (nSPS) is 11.0. The number of amides is 2. The third-order valence-electron chi connectivity index (χ3n) is 7.29. The zero-order valence-electron chi connectivity index (χ0n) is 25.7. The summed E-state index contributed by atoms with van der Waals surface area (Å²) < 4.78 is 33.3. The summed E-state index contributed by atoms with van der Waals surface area (Å²) in [6, 6.07) is 22.7. The Kier molecular flexibility index (Phi) is 9.85. The van der Waals surface area contributed by atoms with E-state index in [4.69, 9.17) is 15.6 Å². The van der Waals surface area contributed by atoms with Crippen LogP contribution in [-0.2, 0) is 9.84 Å². The van der Waals surface area contributed by atoms with Gasteiger partial charge in [-0.3, -0.25) is 14.6 Å². The maximum absolute atomic E-state index is 14.0. The molecule has 11 heteroatoms. The number of carbonyl (C=O) groups excluding carboxylic acids is 2. The first-order valence-corrected chi connectivity index (χ1v) is 16.1. The van der Waals surface area contributed by atoms with E-state index in [1.807, 2.05) is 0 Å². The minimum atomic E-state index is -4.14. The van der Waals surface area contributed by atoms with E-state index < -0.39 is 21.7 Å². The van der Waals surface area contributed by atoms with E-state index in [0.29, 0.717) is 52.1 Å². The van der Waals surface area contributed by atoms with Gasteiger partial charge in [0.1, 0.15) is 5.75 Å². The lowest BCUT2D eigenvalue weighted by atomic mass is 10.1. The van der Waals surface area contributed by atoms with Crippen LogP contribution in [-0.4, -0.2) is 44.0 Å². The van der Waals surface area contributed by atoms with Gasteiger partial charge in [0.2, 0.25) is 9.84 Å². The van der Waals surface area contributed by atoms with Crippen LogP contribution in [0.5, 0.6) is 5.75 Å². The quantitative estimate of drug-likeness (QED) is 0.112. The van der Waals surface area contributed by atoms with Crippen molar-refractivity contribution in [1.29, 1.82) is 0 Å². The molecule has 1 aromatic heterocycles. The fraction of sp³-hybridized carbons (Fsp3) is 0.139. The average molecular weight is 649 g/mol. The van der Waals surface area contributed by atoms with E-state index in [1.54, 1.807) is 55.5 Å². The van der Waals surface area contributed by atoms with Crippen LogP contribution in [0.25, 0.3) is 10.9 Å². The summed E-state index contributed by atoms with van der Waals surface area (Å²) in [7, 11) is -2.60. The highest BCUT2D eigenvalue weighted by atomic mass is 32.2. The van der Waals surface area contributed by atoms with E-state index in [2.05, 4.69) is 27.5 Å². The van der Waals surface area contributed by atoms with Gasteiger partial charge in [0.15, 0.2) is 0 Å². The SMILES string of the molecule is COc1cccc(Nc2c(C(N)=O)cnc3c(C)cc(S(=O)(=O)c4cccc(C(=O)Nc5ccc(C#CCCCO)cc5)c4)cc23)c1. The number of benzene rings is 4. The number of anilines is 3. The number of hydrogen-bond acceptors (Lipinski definition) is 8. The lowest BCUT2D eigenvalue weighted by Gasteiger charge is -2.16. The van der Waals surface area contributed by atoms with Gasteiger partial charge >= 0.3 is 0 Å². The standard InChI is InChI=1S/C36H32N4O6S/c1-23-18-30(21-31-33(23)38-22-32(35(37)42)34(31)39-27-10-7-11-28(20-27)46-2)47(44,45)29-12-6-9-25(19-29)36(43)40-26-15-13-24(14-16-26)8-4-3-5-17-41/h6-7,9-16,18-22,41H,3,5,17H2,1-2H3,(H2,37,42)(H,38,39)(H,40,43). The van der Waals surface area contributed by atoms with Crippen molar-refractivity contribution in [3.05, 3.63) is 113 Å². The number of aliphatic hydroxyl groups excluding tert-OH is 1. The van der Waals surface area contributed by atoms with Crippen molar-refractivity contribution in [3.8, 4) is 17.6 Å². The number of ether oxygens (including phenoxy) is 1. The van der Waals surface area contributed by atoms with Gasteiger partial charge in [0.05, 0.1) is 33.7 Å². The van der Waals surface area contributed by atoms with Crippen LogP contribution in [0.3, 0.4) is 0 Å². The molecule has 5 aromatic rings. The first-order valence-electron chi connectivity index (χ1n) is 14.6. The summed E-state index contributed by atoms with van der Waals surface area (Å²) in [6.07, 6.45) is 2.54. The molecule has 0 aliphatic heterocycles. The van der Waals surface area contributed by atoms with Crippen molar-refractivity contribution in [3.63, 3.8) is 0 Å². The van der Waals surface area contributed by atoms with Crippen LogP contribution in [0, 0.1) is 18.8 Å². The summed E-state index contributed by atoms with van der Waals surface area (Å²) in [5.74, 6) is 5.32. The number of aromatic nitrogens is 1. The Morgan fingerprint density at radius 1 is 0.957 bits per heavy atom. The number of rotatable bonds is 10. The van der Waals surface area contributed by atoms with Gasteiger partial charge in [-0.15, -0.1) is 0 Å². The van der Waals surface area contributed by atoms with Gasteiger partial charge in [-0.25, -0.2) is 8.42 Å². The summed E-state index contributed by atoms with van der Waals surface area (Å²) in [6.45, 7) is 1.81. The highest BCUT2D eigenvalue weighted by molar-refractivity contribution is 7.91. The van der Waals surface area contributed by atoms with Crippen LogP contribution < -0.4 is 21.1 Å². The summed E-state index contributed by atoms with van der Waals surface area (Å²) in [5.41, 5.74) is 9.12. The number of carbonyl (C=O) groups is 2. The van der Waals surface area contributed by atoms with Crippen molar-refractivity contribution in [2.75, 3.05) is 24.4 Å². The number of aryl methyl sites for hydroxylation is 1. The molecule has 238 valence electrons. The maximum Gasteiger partial charge on any atom is 0.255 e. The summed E-state index contributed by atoms with van der Waals surface area (Å²) in [4.78, 5) is 29.8. The Bertz CT molecular complexity index is 2150. The second-order valence-electron chi connectivity index (χ2n) is 10.6. The Labute approximate surface area is 272 Å². The van der Waals surface area contributed by atoms with Gasteiger partial charge in [0, 0.05) is 53.2 Å². The van der Waals surface area contributed by atoms with E-state index in [-0.39, 0.29) is 27.5 Å². The number of fused-ring (bicyclic) bond motifs is 1. The highest BCUT2D eigenvalue weighted by Gasteiger charge is 2.23. The third kappa shape index (κ3) is 7.41. The molecule has 0 spiro atoms. The molecule has 0 unspecified atom stereocenters. The lowest BCUT2D eigenvalue weighted by Crippen LogP contribution is -2.15. The van der Waals surface area contributed by atoms with Crippen LogP contribution >= 0.6 is 0 Å². The molecule has 0 aliphatic rings. The number of nitrogens with two attached hydrogens (primary N) is 1. The molecule has 4 aromatic carbocycles. The zero-order valence-corrected chi connectivity index (χ0v) is 26.5. The Hall–Kier alpha value is -5.70. The Morgan fingerprint density at radius 3 is 2.45 bits per heavy atom. The molecule has 0 saturated heterocycles. The fourth-order valence-electron chi connectivity index (χ4n) is 4.88. The molecule has 0 fully saturated rings. The predicted octanol–water partition coefficient (Wildman–Crippen LogP) is 5.60. The zero-order chi connectivity index (χ0) is 33.6. The molecule has 5 N–H and O–H groups in total. The van der Waals surface area contributed by atoms with Crippen LogP contribution in [0.1, 0.15) is 44.7 Å². The van der Waals surface area contributed by atoms with Crippen molar-refractivity contribution >= 4 is 49.6 Å². The smallest absolute Gasteiger partial charge is 0.255 e.